The van der Waals surface area contributed by atoms with Crippen molar-refractivity contribution in [1.29, 1.82) is 0 Å². The molecule has 0 aromatic heterocycles. The second-order valence-electron chi connectivity index (χ2n) is 6.53. The number of ether oxygens (including phenoxy) is 1. The third kappa shape index (κ3) is 4.37. The molecule has 0 spiro atoms. The zero-order valence-electron chi connectivity index (χ0n) is 13.0. The molecule has 0 aromatic rings. The molecular formula is C14H26N2O4. The van der Waals surface area contributed by atoms with Crippen molar-refractivity contribution in [2.45, 2.75) is 46.3 Å². The minimum Gasteiger partial charge on any atom is -0.453 e. The van der Waals surface area contributed by atoms with Gasteiger partial charge in [0.05, 0.1) is 19.3 Å². The lowest BCUT2D eigenvalue weighted by Gasteiger charge is -2.41. The van der Waals surface area contributed by atoms with Crippen LogP contribution in [0, 0.1) is 11.3 Å². The third-order valence-electron chi connectivity index (χ3n) is 3.60. The van der Waals surface area contributed by atoms with Crippen molar-refractivity contribution in [3.8, 4) is 0 Å². The number of nitrogens with zero attached hydrogens (tertiary/aromatic N) is 1. The number of hydrogen-bond donors (Lipinski definition) is 2. The molecule has 3 unspecified atom stereocenters. The number of methoxy groups -OCH3 is 1. The van der Waals surface area contributed by atoms with E-state index in [-0.39, 0.29) is 17.9 Å². The summed E-state index contributed by atoms with van der Waals surface area (Å²) >= 11 is 0. The standard InChI is InChI=1S/C14H26N2O4/c1-9(17)10-6-11(15-13(19)20-5)8-16(7-10)12(18)14(2,3)4/h9-11,17H,6-8H2,1-5H3,(H,15,19). The molecule has 6 heteroatoms. The predicted octanol–water partition coefficient (Wildman–Crippen LogP) is 0.986. The molecule has 0 saturated carbocycles. The first-order valence-corrected chi connectivity index (χ1v) is 6.97. The van der Waals surface area contributed by atoms with Gasteiger partial charge in [-0.1, -0.05) is 20.8 Å². The third-order valence-corrected chi connectivity index (χ3v) is 3.60. The van der Waals surface area contributed by atoms with Crippen LogP contribution in [-0.2, 0) is 9.53 Å². The Bertz CT molecular complexity index is 363. The van der Waals surface area contributed by atoms with Gasteiger partial charge in [0.25, 0.3) is 0 Å². The summed E-state index contributed by atoms with van der Waals surface area (Å²) in [7, 11) is 1.31. The van der Waals surface area contributed by atoms with Crippen molar-refractivity contribution in [2.24, 2.45) is 11.3 Å². The van der Waals surface area contributed by atoms with E-state index in [0.29, 0.717) is 19.5 Å². The maximum Gasteiger partial charge on any atom is 0.407 e. The fraction of sp³-hybridized carbons (Fsp3) is 0.857. The van der Waals surface area contributed by atoms with Gasteiger partial charge in [-0.15, -0.1) is 0 Å². The molecule has 20 heavy (non-hydrogen) atoms. The monoisotopic (exact) mass is 286 g/mol. The second-order valence-corrected chi connectivity index (χ2v) is 6.53. The molecule has 1 rings (SSSR count). The Balaban J connectivity index is 2.80. The summed E-state index contributed by atoms with van der Waals surface area (Å²) in [4.78, 5) is 25.4. The van der Waals surface area contributed by atoms with Crippen LogP contribution in [0.1, 0.15) is 34.1 Å². The van der Waals surface area contributed by atoms with Gasteiger partial charge in [0.15, 0.2) is 0 Å². The van der Waals surface area contributed by atoms with Crippen molar-refractivity contribution in [3.05, 3.63) is 0 Å². The van der Waals surface area contributed by atoms with Crippen LogP contribution in [0.25, 0.3) is 0 Å². The van der Waals surface area contributed by atoms with Crippen molar-refractivity contribution < 1.29 is 19.4 Å². The molecular weight excluding hydrogens is 260 g/mol. The zero-order valence-corrected chi connectivity index (χ0v) is 13.0. The molecule has 2 N–H and O–H groups in total. The summed E-state index contributed by atoms with van der Waals surface area (Å²) in [6.45, 7) is 8.28. The van der Waals surface area contributed by atoms with Gasteiger partial charge >= 0.3 is 6.09 Å². The number of aliphatic hydroxyl groups excluding tert-OH is 1. The van der Waals surface area contributed by atoms with E-state index in [1.165, 1.54) is 7.11 Å². The van der Waals surface area contributed by atoms with E-state index < -0.39 is 17.6 Å². The Kier molecular flexibility index (Phi) is 5.39. The van der Waals surface area contributed by atoms with E-state index in [1.807, 2.05) is 20.8 Å². The number of alkyl carbamates (subject to hydrolysis) is 1. The average Bonchev–Trinajstić information content (AvgIpc) is 2.36. The van der Waals surface area contributed by atoms with E-state index in [0.717, 1.165) is 0 Å². The number of hydrogen-bond acceptors (Lipinski definition) is 4. The van der Waals surface area contributed by atoms with Gasteiger partial charge in [0.1, 0.15) is 0 Å². The van der Waals surface area contributed by atoms with Crippen LogP contribution in [0.5, 0.6) is 0 Å². The van der Waals surface area contributed by atoms with Crippen LogP contribution in [0.15, 0.2) is 0 Å². The number of nitrogens with one attached hydrogen (secondary N) is 1. The second kappa shape index (κ2) is 6.43. The Morgan fingerprint density at radius 3 is 2.40 bits per heavy atom. The summed E-state index contributed by atoms with van der Waals surface area (Å²) in [5.74, 6) is -0.0169. The normalized spacial score (nSPS) is 25.0. The van der Waals surface area contributed by atoms with Crippen molar-refractivity contribution in [2.75, 3.05) is 20.2 Å². The first kappa shape index (κ1) is 16.8. The molecule has 0 radical (unpaired) electrons. The van der Waals surface area contributed by atoms with Gasteiger partial charge in [0.2, 0.25) is 5.91 Å². The van der Waals surface area contributed by atoms with Gasteiger partial charge in [-0.2, -0.15) is 0 Å². The van der Waals surface area contributed by atoms with Crippen molar-refractivity contribution in [1.82, 2.24) is 10.2 Å². The number of amides is 2. The molecule has 0 aromatic carbocycles. The number of carbonyl (C=O) groups is 2. The van der Waals surface area contributed by atoms with E-state index in [1.54, 1.807) is 11.8 Å². The Hall–Kier alpha value is -1.30. The molecule has 3 atom stereocenters. The minimum atomic E-state index is -0.521. The molecule has 2 amide bonds. The SMILES string of the molecule is COC(=O)NC1CC(C(C)O)CN(C(=O)C(C)(C)C)C1. The fourth-order valence-corrected chi connectivity index (χ4v) is 2.46. The zero-order chi connectivity index (χ0) is 15.5. The maximum absolute atomic E-state index is 12.4. The lowest BCUT2D eigenvalue weighted by atomic mass is 9.87. The van der Waals surface area contributed by atoms with Crippen LogP contribution < -0.4 is 5.32 Å². The summed E-state index contributed by atoms with van der Waals surface area (Å²) in [6, 6.07) is -0.193. The van der Waals surface area contributed by atoms with Crippen molar-refractivity contribution >= 4 is 12.0 Å². The molecule has 1 heterocycles. The molecule has 116 valence electrons. The molecule has 0 aliphatic carbocycles. The first-order valence-electron chi connectivity index (χ1n) is 6.97. The van der Waals surface area contributed by atoms with E-state index >= 15 is 0 Å². The van der Waals surface area contributed by atoms with Gasteiger partial charge in [-0.05, 0) is 13.3 Å². The number of carbonyl (C=O) groups excluding carboxylic acids is 2. The van der Waals surface area contributed by atoms with Crippen LogP contribution >= 0.6 is 0 Å². The summed E-state index contributed by atoms with van der Waals surface area (Å²) in [5, 5.41) is 12.5. The quantitative estimate of drug-likeness (QED) is 0.793. The average molecular weight is 286 g/mol. The smallest absolute Gasteiger partial charge is 0.407 e. The number of piperidine rings is 1. The largest absolute Gasteiger partial charge is 0.453 e. The highest BCUT2D eigenvalue weighted by atomic mass is 16.5. The molecule has 1 aliphatic heterocycles. The van der Waals surface area contributed by atoms with Gasteiger partial charge in [-0.25, -0.2) is 4.79 Å². The van der Waals surface area contributed by atoms with Crippen molar-refractivity contribution in [3.63, 3.8) is 0 Å². The van der Waals surface area contributed by atoms with Gasteiger partial charge in [-0.3, -0.25) is 4.79 Å². The van der Waals surface area contributed by atoms with Crippen LogP contribution in [0.4, 0.5) is 4.79 Å². The maximum atomic E-state index is 12.4. The molecule has 0 bridgehead atoms. The fourth-order valence-electron chi connectivity index (χ4n) is 2.46. The molecule has 1 fully saturated rings. The number of likely N-dealkylation sites (tertiary alicyclic amines) is 1. The van der Waals surface area contributed by atoms with Crippen LogP contribution in [-0.4, -0.2) is 54.4 Å². The molecule has 1 aliphatic rings. The number of aliphatic hydroxyl groups is 1. The topological polar surface area (TPSA) is 78.9 Å². The van der Waals surface area contributed by atoms with Gasteiger partial charge < -0.3 is 20.1 Å². The Labute approximate surface area is 120 Å². The Morgan fingerprint density at radius 1 is 1.35 bits per heavy atom. The number of rotatable bonds is 2. The van der Waals surface area contributed by atoms with Gasteiger partial charge in [0, 0.05) is 24.4 Å². The predicted molar refractivity (Wildman–Crippen MR) is 75.2 cm³/mol. The molecule has 1 saturated heterocycles. The lowest BCUT2D eigenvalue weighted by Crippen LogP contribution is -2.56. The van der Waals surface area contributed by atoms with Crippen LogP contribution in [0.3, 0.4) is 0 Å². The minimum absolute atomic E-state index is 0.0273. The first-order chi connectivity index (χ1) is 9.15. The highest BCUT2D eigenvalue weighted by molar-refractivity contribution is 5.81. The van der Waals surface area contributed by atoms with E-state index in [4.69, 9.17) is 0 Å². The Morgan fingerprint density at radius 2 is 1.95 bits per heavy atom. The highest BCUT2D eigenvalue weighted by Crippen LogP contribution is 2.25. The van der Waals surface area contributed by atoms with Crippen LogP contribution in [0.2, 0.25) is 0 Å². The summed E-state index contributed by atoms with van der Waals surface area (Å²) < 4.78 is 4.60. The summed E-state index contributed by atoms with van der Waals surface area (Å²) in [5.41, 5.74) is -0.476. The lowest BCUT2D eigenvalue weighted by molar-refractivity contribution is -0.142. The summed E-state index contributed by atoms with van der Waals surface area (Å²) in [6.07, 6.45) is -0.391. The van der Waals surface area contributed by atoms with E-state index in [9.17, 15) is 14.7 Å². The highest BCUT2D eigenvalue weighted by Gasteiger charge is 2.36. The van der Waals surface area contributed by atoms with E-state index in [2.05, 4.69) is 10.1 Å². The molecule has 6 nitrogen and oxygen atoms in total.